The standard InChI is InChI=1S/C21H22N2/c22-16-17-23-21(18-10-4-1-5-11-18,19-12-6-2-7-13-19)20-14-8-3-9-15-20/h1-15,23H,16-17,22H2/i16D2,17D2. The minimum Gasteiger partial charge on any atom is -0.329 e. The van der Waals surface area contributed by atoms with Gasteiger partial charge in [-0.2, -0.15) is 0 Å². The van der Waals surface area contributed by atoms with Crippen molar-refractivity contribution in [1.82, 2.24) is 5.32 Å². The molecule has 0 atom stereocenters. The average molecular weight is 306 g/mol. The van der Waals surface area contributed by atoms with Crippen molar-refractivity contribution < 1.29 is 5.48 Å². The second kappa shape index (κ2) is 7.23. The molecule has 3 rings (SSSR count). The molecule has 0 aliphatic carbocycles. The molecule has 116 valence electrons. The quantitative estimate of drug-likeness (QED) is 0.684. The lowest BCUT2D eigenvalue weighted by molar-refractivity contribution is 0.479. The zero-order valence-electron chi connectivity index (χ0n) is 16.7. The van der Waals surface area contributed by atoms with Gasteiger partial charge in [-0.05, 0) is 16.7 Å². The Balaban J connectivity index is 2.33. The lowest BCUT2D eigenvalue weighted by atomic mass is 9.77. The van der Waals surface area contributed by atoms with Gasteiger partial charge in [0.05, 0.1) is 5.54 Å². The average Bonchev–Trinajstić information content (AvgIpc) is 2.67. The van der Waals surface area contributed by atoms with Crippen LogP contribution in [-0.4, -0.2) is 13.0 Å². The van der Waals surface area contributed by atoms with Crippen LogP contribution in [-0.2, 0) is 5.54 Å². The van der Waals surface area contributed by atoms with Crippen LogP contribution in [0.3, 0.4) is 0 Å². The lowest BCUT2D eigenvalue weighted by Gasteiger charge is -2.37. The lowest BCUT2D eigenvalue weighted by Crippen LogP contribution is -2.46. The Hall–Kier alpha value is -2.42. The molecule has 0 amide bonds. The first-order valence-corrected chi connectivity index (χ1v) is 7.52. The number of rotatable bonds is 6. The molecule has 3 aromatic carbocycles. The van der Waals surface area contributed by atoms with Crippen LogP contribution in [0.25, 0.3) is 0 Å². The van der Waals surface area contributed by atoms with Gasteiger partial charge in [-0.1, -0.05) is 91.0 Å². The first-order valence-electron chi connectivity index (χ1n) is 9.52. The van der Waals surface area contributed by atoms with E-state index in [0.29, 0.717) is 0 Å². The van der Waals surface area contributed by atoms with Crippen molar-refractivity contribution in [1.29, 1.82) is 0 Å². The van der Waals surface area contributed by atoms with E-state index in [1.807, 2.05) is 91.0 Å². The second-order valence-electron chi connectivity index (χ2n) is 5.24. The summed E-state index contributed by atoms with van der Waals surface area (Å²) in [6.07, 6.45) is 0. The summed E-state index contributed by atoms with van der Waals surface area (Å²) in [6, 6.07) is 28.3. The molecule has 0 spiro atoms. The molecule has 0 heterocycles. The van der Waals surface area contributed by atoms with Gasteiger partial charge in [-0.15, -0.1) is 0 Å². The highest BCUT2D eigenvalue weighted by Crippen LogP contribution is 2.36. The van der Waals surface area contributed by atoms with Crippen LogP contribution in [0.5, 0.6) is 0 Å². The maximum Gasteiger partial charge on any atom is 0.0948 e. The molecule has 0 aliphatic heterocycles. The molecule has 0 saturated heterocycles. The van der Waals surface area contributed by atoms with E-state index >= 15 is 0 Å². The van der Waals surface area contributed by atoms with Crippen molar-refractivity contribution in [2.45, 2.75) is 5.54 Å². The van der Waals surface area contributed by atoms with Gasteiger partial charge in [0.25, 0.3) is 0 Å². The molecule has 3 aromatic rings. The maximum atomic E-state index is 8.34. The van der Waals surface area contributed by atoms with Crippen molar-refractivity contribution >= 4 is 0 Å². The molecule has 2 nitrogen and oxygen atoms in total. The molecule has 0 fully saturated rings. The fourth-order valence-corrected chi connectivity index (χ4v) is 2.91. The predicted molar refractivity (Wildman–Crippen MR) is 96.3 cm³/mol. The molecule has 0 saturated carbocycles. The first kappa shape index (κ1) is 11.2. The molecular weight excluding hydrogens is 280 g/mol. The number of nitrogens with one attached hydrogen (secondary N) is 1. The van der Waals surface area contributed by atoms with Crippen molar-refractivity contribution in [3.05, 3.63) is 108 Å². The highest BCUT2D eigenvalue weighted by atomic mass is 15.0. The normalized spacial score (nSPS) is 15.2. The fourth-order valence-electron chi connectivity index (χ4n) is 2.91. The third kappa shape index (κ3) is 3.04. The molecule has 0 unspecified atom stereocenters. The van der Waals surface area contributed by atoms with E-state index in [1.54, 1.807) is 0 Å². The van der Waals surface area contributed by atoms with Crippen molar-refractivity contribution in [2.75, 3.05) is 13.0 Å². The third-order valence-corrected chi connectivity index (χ3v) is 3.94. The molecule has 0 aliphatic rings. The second-order valence-corrected chi connectivity index (χ2v) is 5.24. The summed E-state index contributed by atoms with van der Waals surface area (Å²) in [5.41, 5.74) is 6.79. The largest absolute Gasteiger partial charge is 0.329 e. The molecular formula is C21H22N2. The minimum atomic E-state index is -2.59. The van der Waals surface area contributed by atoms with Crippen LogP contribution >= 0.6 is 0 Å². The van der Waals surface area contributed by atoms with Gasteiger partial charge in [0.2, 0.25) is 0 Å². The van der Waals surface area contributed by atoms with Crippen LogP contribution < -0.4 is 11.1 Å². The maximum absolute atomic E-state index is 8.34. The number of benzene rings is 3. The smallest absolute Gasteiger partial charge is 0.0948 e. The van der Waals surface area contributed by atoms with Gasteiger partial charge < -0.3 is 5.73 Å². The Labute approximate surface area is 143 Å². The molecule has 23 heavy (non-hydrogen) atoms. The Bertz CT molecular complexity index is 766. The van der Waals surface area contributed by atoms with Crippen LogP contribution in [0.1, 0.15) is 22.2 Å². The fraction of sp³-hybridized carbons (Fsp3) is 0.143. The number of nitrogens with two attached hydrogens (primary N) is 1. The van der Waals surface area contributed by atoms with Crippen molar-refractivity contribution in [3.8, 4) is 0 Å². The topological polar surface area (TPSA) is 38.0 Å². The van der Waals surface area contributed by atoms with E-state index in [2.05, 4.69) is 5.32 Å². The van der Waals surface area contributed by atoms with Crippen LogP contribution in [0, 0.1) is 0 Å². The van der Waals surface area contributed by atoms with E-state index in [9.17, 15) is 0 Å². The van der Waals surface area contributed by atoms with Crippen molar-refractivity contribution in [3.63, 3.8) is 0 Å². The summed E-state index contributed by atoms with van der Waals surface area (Å²) in [7, 11) is 0. The monoisotopic (exact) mass is 306 g/mol. The van der Waals surface area contributed by atoms with E-state index < -0.39 is 18.5 Å². The summed E-state index contributed by atoms with van der Waals surface area (Å²) >= 11 is 0. The van der Waals surface area contributed by atoms with Gasteiger partial charge in [0.1, 0.15) is 0 Å². The van der Waals surface area contributed by atoms with E-state index in [1.165, 1.54) is 0 Å². The van der Waals surface area contributed by atoms with Gasteiger partial charge in [-0.3, -0.25) is 5.32 Å². The summed E-state index contributed by atoms with van der Waals surface area (Å²) in [4.78, 5) is 0. The molecule has 3 N–H and O–H groups in total. The molecule has 0 aromatic heterocycles. The Morgan fingerprint density at radius 1 is 0.696 bits per heavy atom. The summed E-state index contributed by atoms with van der Waals surface area (Å²) in [5, 5.41) is 2.93. The van der Waals surface area contributed by atoms with Gasteiger partial charge in [-0.25, -0.2) is 0 Å². The summed E-state index contributed by atoms with van der Waals surface area (Å²) in [6.45, 7) is -5.09. The van der Waals surface area contributed by atoms with Crippen LogP contribution in [0.2, 0.25) is 0 Å². The molecule has 2 heteroatoms. The van der Waals surface area contributed by atoms with Crippen LogP contribution in [0.15, 0.2) is 91.0 Å². The number of hydrogen-bond donors (Lipinski definition) is 2. The first-order chi connectivity index (χ1) is 12.8. The molecule has 0 bridgehead atoms. The SMILES string of the molecule is [2H]C([2H])(N)C([2H])([2H])NC(c1ccccc1)(c1ccccc1)c1ccccc1. The van der Waals surface area contributed by atoms with E-state index in [0.717, 1.165) is 16.7 Å². The zero-order chi connectivity index (χ0) is 19.5. The van der Waals surface area contributed by atoms with Crippen LogP contribution in [0.4, 0.5) is 0 Å². The Morgan fingerprint density at radius 2 is 1.04 bits per heavy atom. The number of hydrogen-bond acceptors (Lipinski definition) is 2. The van der Waals surface area contributed by atoms with Gasteiger partial charge >= 0.3 is 0 Å². The highest BCUT2D eigenvalue weighted by molar-refractivity contribution is 5.49. The Morgan fingerprint density at radius 3 is 1.35 bits per heavy atom. The minimum absolute atomic E-state index is 0.788. The predicted octanol–water partition coefficient (Wildman–Crippen LogP) is 3.53. The van der Waals surface area contributed by atoms with Crippen molar-refractivity contribution in [2.24, 2.45) is 5.73 Å². The highest BCUT2D eigenvalue weighted by Gasteiger charge is 2.35. The van der Waals surface area contributed by atoms with Gasteiger partial charge in [0, 0.05) is 18.5 Å². The summed E-state index contributed by atoms with van der Waals surface area (Å²) < 4.78 is 32.3. The third-order valence-electron chi connectivity index (χ3n) is 3.94. The van der Waals surface area contributed by atoms with E-state index in [-0.39, 0.29) is 0 Å². The van der Waals surface area contributed by atoms with Gasteiger partial charge in [0.15, 0.2) is 0 Å². The van der Waals surface area contributed by atoms with E-state index in [4.69, 9.17) is 11.2 Å². The molecule has 0 radical (unpaired) electrons. The zero-order valence-corrected chi connectivity index (χ0v) is 12.7. The Kier molecular flexibility index (Phi) is 3.51. The summed E-state index contributed by atoms with van der Waals surface area (Å²) in [5.74, 6) is 0.